The molecule has 1 N–H and O–H groups in total. The molecule has 25 heavy (non-hydrogen) atoms. The first-order chi connectivity index (χ1) is 12.1. The zero-order chi connectivity index (χ0) is 17.6. The van der Waals surface area contributed by atoms with Crippen LogP contribution in [0.15, 0.2) is 59.0 Å². The van der Waals surface area contributed by atoms with E-state index in [0.29, 0.717) is 17.3 Å². The number of benzene rings is 2. The summed E-state index contributed by atoms with van der Waals surface area (Å²) in [5, 5.41) is 10.3. The van der Waals surface area contributed by atoms with Crippen LogP contribution in [0.4, 0.5) is 4.39 Å². The molecule has 6 heteroatoms. The van der Waals surface area contributed by atoms with Gasteiger partial charge in [0.05, 0.1) is 6.54 Å². The number of halogens is 1. The van der Waals surface area contributed by atoms with Gasteiger partial charge >= 0.3 is 0 Å². The van der Waals surface area contributed by atoms with E-state index in [9.17, 15) is 9.18 Å². The molecule has 0 spiro atoms. The van der Waals surface area contributed by atoms with E-state index in [1.165, 1.54) is 6.07 Å². The van der Waals surface area contributed by atoms with Gasteiger partial charge in [-0.05, 0) is 17.2 Å². The van der Waals surface area contributed by atoms with Gasteiger partial charge < -0.3 is 9.73 Å². The molecule has 0 saturated heterocycles. The van der Waals surface area contributed by atoms with E-state index >= 15 is 0 Å². The maximum atomic E-state index is 14.3. The van der Waals surface area contributed by atoms with Crippen molar-refractivity contribution in [2.45, 2.75) is 25.8 Å². The number of hydrogen-bond acceptors (Lipinski definition) is 4. The largest absolute Gasteiger partial charge is 0.424 e. The molecule has 0 aliphatic heterocycles. The summed E-state index contributed by atoms with van der Waals surface area (Å²) in [6.45, 7) is 1.83. The normalized spacial score (nSPS) is 11.9. The Bertz CT molecular complexity index is 849. The number of carbonyl (C=O) groups is 1. The third-order valence-electron chi connectivity index (χ3n) is 3.88. The monoisotopic (exact) mass is 339 g/mol. The summed E-state index contributed by atoms with van der Waals surface area (Å²) < 4.78 is 19.5. The zero-order valence-electron chi connectivity index (χ0n) is 13.8. The van der Waals surface area contributed by atoms with Crippen molar-refractivity contribution in [2.24, 2.45) is 0 Å². The van der Waals surface area contributed by atoms with Crippen LogP contribution in [-0.4, -0.2) is 16.1 Å². The van der Waals surface area contributed by atoms with Crippen molar-refractivity contribution in [3.05, 3.63) is 83.3 Å². The van der Waals surface area contributed by atoms with Crippen molar-refractivity contribution in [1.82, 2.24) is 15.5 Å². The lowest BCUT2D eigenvalue weighted by atomic mass is 9.88. The highest BCUT2D eigenvalue weighted by molar-refractivity contribution is 5.77. The molecule has 128 valence electrons. The molecule has 3 rings (SSSR count). The predicted molar refractivity (Wildman–Crippen MR) is 90.2 cm³/mol. The Morgan fingerprint density at radius 2 is 1.84 bits per heavy atom. The van der Waals surface area contributed by atoms with Gasteiger partial charge in [-0.15, -0.1) is 10.2 Å². The van der Waals surface area contributed by atoms with Crippen molar-refractivity contribution >= 4 is 5.91 Å². The number of nitrogens with zero attached hydrogens (tertiary/aromatic N) is 2. The Morgan fingerprint density at radius 3 is 2.52 bits per heavy atom. The second-order valence-corrected chi connectivity index (χ2v) is 5.68. The van der Waals surface area contributed by atoms with E-state index in [4.69, 9.17) is 4.42 Å². The van der Waals surface area contributed by atoms with Crippen LogP contribution in [0.2, 0.25) is 0 Å². The van der Waals surface area contributed by atoms with Crippen LogP contribution in [0.3, 0.4) is 0 Å². The first-order valence-electron chi connectivity index (χ1n) is 7.98. The van der Waals surface area contributed by atoms with Gasteiger partial charge in [-0.1, -0.05) is 48.5 Å². The van der Waals surface area contributed by atoms with Gasteiger partial charge in [-0.25, -0.2) is 4.39 Å². The van der Waals surface area contributed by atoms with Gasteiger partial charge in [0, 0.05) is 19.3 Å². The predicted octanol–water partition coefficient (Wildman–Crippen LogP) is 3.36. The standard InChI is InChI=1S/C19H18FN3O2/c1-13-22-23-19(25-13)12-21-18(24)11-16(14-7-3-2-4-8-14)15-9-5-6-10-17(15)20/h2-10,16H,11-12H2,1H3,(H,21,24)/t16-/m1/s1. The van der Waals surface area contributed by atoms with E-state index in [1.807, 2.05) is 30.3 Å². The molecule has 0 unspecified atom stereocenters. The second-order valence-electron chi connectivity index (χ2n) is 5.68. The van der Waals surface area contributed by atoms with Crippen LogP contribution in [0.25, 0.3) is 0 Å². The number of carbonyl (C=O) groups excluding carboxylic acids is 1. The molecule has 0 bridgehead atoms. The van der Waals surface area contributed by atoms with E-state index in [1.54, 1.807) is 25.1 Å². The van der Waals surface area contributed by atoms with Crippen LogP contribution >= 0.6 is 0 Å². The molecule has 3 aromatic rings. The quantitative estimate of drug-likeness (QED) is 0.748. The fourth-order valence-corrected chi connectivity index (χ4v) is 2.69. The Morgan fingerprint density at radius 1 is 1.12 bits per heavy atom. The molecule has 0 aliphatic rings. The molecule has 1 heterocycles. The van der Waals surface area contributed by atoms with E-state index in [-0.39, 0.29) is 30.6 Å². The molecule has 0 radical (unpaired) electrons. The molecular formula is C19H18FN3O2. The van der Waals surface area contributed by atoms with Crippen molar-refractivity contribution in [2.75, 3.05) is 0 Å². The summed E-state index contributed by atoms with van der Waals surface area (Å²) in [6, 6.07) is 16.0. The van der Waals surface area contributed by atoms with Crippen molar-refractivity contribution < 1.29 is 13.6 Å². The van der Waals surface area contributed by atoms with Crippen LogP contribution < -0.4 is 5.32 Å². The second kappa shape index (κ2) is 7.70. The average molecular weight is 339 g/mol. The van der Waals surface area contributed by atoms with Crippen LogP contribution in [0.5, 0.6) is 0 Å². The summed E-state index contributed by atoms with van der Waals surface area (Å²) in [7, 11) is 0. The summed E-state index contributed by atoms with van der Waals surface area (Å²) >= 11 is 0. The number of hydrogen-bond donors (Lipinski definition) is 1. The van der Waals surface area contributed by atoms with E-state index < -0.39 is 0 Å². The van der Waals surface area contributed by atoms with Gasteiger partial charge in [0.2, 0.25) is 17.7 Å². The van der Waals surface area contributed by atoms with Crippen molar-refractivity contribution in [3.63, 3.8) is 0 Å². The number of nitrogens with one attached hydrogen (secondary N) is 1. The SMILES string of the molecule is Cc1nnc(CNC(=O)C[C@H](c2ccccc2)c2ccccc2F)o1. The summed E-state index contributed by atoms with van der Waals surface area (Å²) in [5.74, 6) is -0.123. The lowest BCUT2D eigenvalue weighted by molar-refractivity contribution is -0.121. The molecule has 1 amide bonds. The number of aromatic nitrogens is 2. The van der Waals surface area contributed by atoms with Gasteiger partial charge in [0.25, 0.3) is 0 Å². The highest BCUT2D eigenvalue weighted by atomic mass is 19.1. The highest BCUT2D eigenvalue weighted by Crippen LogP contribution is 2.29. The van der Waals surface area contributed by atoms with Crippen LogP contribution in [0.1, 0.15) is 35.2 Å². The molecule has 0 saturated carbocycles. The molecule has 2 aromatic carbocycles. The summed E-state index contributed by atoms with van der Waals surface area (Å²) in [5.41, 5.74) is 1.38. The Kier molecular flexibility index (Phi) is 5.18. The molecule has 1 atom stereocenters. The Labute approximate surface area is 144 Å². The Balaban J connectivity index is 1.76. The van der Waals surface area contributed by atoms with Crippen LogP contribution in [-0.2, 0) is 11.3 Å². The minimum atomic E-state index is -0.369. The van der Waals surface area contributed by atoms with Gasteiger partial charge in [0.1, 0.15) is 5.82 Å². The summed E-state index contributed by atoms with van der Waals surface area (Å²) in [6.07, 6.45) is 0.123. The topological polar surface area (TPSA) is 68.0 Å². The molecular weight excluding hydrogens is 321 g/mol. The van der Waals surface area contributed by atoms with Gasteiger partial charge in [0.15, 0.2) is 0 Å². The molecule has 0 aliphatic carbocycles. The highest BCUT2D eigenvalue weighted by Gasteiger charge is 2.21. The number of amides is 1. The lowest BCUT2D eigenvalue weighted by Crippen LogP contribution is -2.25. The van der Waals surface area contributed by atoms with E-state index in [2.05, 4.69) is 15.5 Å². The number of rotatable bonds is 6. The minimum absolute atomic E-state index is 0.123. The van der Waals surface area contributed by atoms with Crippen LogP contribution in [0, 0.1) is 12.7 Å². The summed E-state index contributed by atoms with van der Waals surface area (Å²) in [4.78, 5) is 12.4. The van der Waals surface area contributed by atoms with E-state index in [0.717, 1.165) is 5.56 Å². The smallest absolute Gasteiger partial charge is 0.235 e. The lowest BCUT2D eigenvalue weighted by Gasteiger charge is -2.18. The maximum Gasteiger partial charge on any atom is 0.235 e. The third kappa shape index (κ3) is 4.29. The Hall–Kier alpha value is -3.02. The zero-order valence-corrected chi connectivity index (χ0v) is 13.8. The fourth-order valence-electron chi connectivity index (χ4n) is 2.69. The third-order valence-corrected chi connectivity index (χ3v) is 3.88. The molecule has 5 nitrogen and oxygen atoms in total. The van der Waals surface area contributed by atoms with Crippen molar-refractivity contribution in [3.8, 4) is 0 Å². The first kappa shape index (κ1) is 16.8. The fraction of sp³-hybridized carbons (Fsp3) is 0.211. The number of aryl methyl sites for hydroxylation is 1. The van der Waals surface area contributed by atoms with Gasteiger partial charge in [-0.3, -0.25) is 4.79 Å². The first-order valence-corrected chi connectivity index (χ1v) is 7.98. The molecule has 0 fully saturated rings. The molecule has 1 aromatic heterocycles. The van der Waals surface area contributed by atoms with Gasteiger partial charge in [-0.2, -0.15) is 0 Å². The maximum absolute atomic E-state index is 14.3. The average Bonchev–Trinajstić information content (AvgIpc) is 3.05. The minimum Gasteiger partial charge on any atom is -0.424 e. The van der Waals surface area contributed by atoms with Crippen molar-refractivity contribution in [1.29, 1.82) is 0 Å².